The van der Waals surface area contributed by atoms with Crippen LogP contribution in [0.3, 0.4) is 0 Å². The zero-order valence-electron chi connectivity index (χ0n) is 10.3. The fourth-order valence-corrected chi connectivity index (χ4v) is 2.31. The van der Waals surface area contributed by atoms with Gasteiger partial charge in [0.05, 0.1) is 6.04 Å². The highest BCUT2D eigenvalue weighted by Gasteiger charge is 2.31. The van der Waals surface area contributed by atoms with Crippen LogP contribution >= 0.6 is 0 Å². The molecule has 0 radical (unpaired) electrons. The molecule has 1 rings (SSSR count). The summed E-state index contributed by atoms with van der Waals surface area (Å²) in [7, 11) is 0. The molecule has 1 heterocycles. The zero-order chi connectivity index (χ0) is 12.0. The van der Waals surface area contributed by atoms with Gasteiger partial charge >= 0.3 is 0 Å². The van der Waals surface area contributed by atoms with Gasteiger partial charge in [0.15, 0.2) is 0 Å². The third-order valence-electron chi connectivity index (χ3n) is 3.19. The molecule has 90 valence electrons. The van der Waals surface area contributed by atoms with Crippen LogP contribution in [0.2, 0.25) is 0 Å². The molecule has 1 aliphatic heterocycles. The molecule has 0 aromatic heterocycles. The molecule has 16 heavy (non-hydrogen) atoms. The number of hydrogen-bond acceptors (Lipinski definition) is 2. The van der Waals surface area contributed by atoms with Gasteiger partial charge in [0.1, 0.15) is 0 Å². The van der Waals surface area contributed by atoms with Crippen molar-refractivity contribution in [3.05, 3.63) is 0 Å². The van der Waals surface area contributed by atoms with E-state index < -0.39 is 0 Å². The summed E-state index contributed by atoms with van der Waals surface area (Å²) < 4.78 is 0. The minimum Gasteiger partial charge on any atom is -0.337 e. The smallest absolute Gasteiger partial charge is 0.239 e. The molecule has 0 aromatic rings. The van der Waals surface area contributed by atoms with Gasteiger partial charge in [-0.2, -0.15) is 0 Å². The molecule has 1 amide bonds. The van der Waals surface area contributed by atoms with Crippen molar-refractivity contribution in [3.63, 3.8) is 0 Å². The first-order valence-electron chi connectivity index (χ1n) is 6.21. The van der Waals surface area contributed by atoms with Crippen molar-refractivity contribution in [1.82, 2.24) is 10.2 Å². The van der Waals surface area contributed by atoms with Gasteiger partial charge in [-0.3, -0.25) is 4.79 Å². The average molecular weight is 222 g/mol. The van der Waals surface area contributed by atoms with Gasteiger partial charge in [-0.15, -0.1) is 12.3 Å². The fourth-order valence-electron chi connectivity index (χ4n) is 2.31. The van der Waals surface area contributed by atoms with Crippen LogP contribution in [0.1, 0.15) is 39.5 Å². The van der Waals surface area contributed by atoms with Gasteiger partial charge in [-0.25, -0.2) is 0 Å². The van der Waals surface area contributed by atoms with Gasteiger partial charge in [0.25, 0.3) is 0 Å². The van der Waals surface area contributed by atoms with Crippen molar-refractivity contribution in [2.75, 3.05) is 13.1 Å². The van der Waals surface area contributed by atoms with E-state index in [0.717, 1.165) is 32.4 Å². The number of terminal acetylenes is 1. The van der Waals surface area contributed by atoms with Crippen LogP contribution in [-0.2, 0) is 4.79 Å². The van der Waals surface area contributed by atoms with E-state index in [-0.39, 0.29) is 18.0 Å². The van der Waals surface area contributed by atoms with Gasteiger partial charge < -0.3 is 10.2 Å². The number of piperidine rings is 1. The molecule has 1 aliphatic rings. The maximum absolute atomic E-state index is 12.2. The van der Waals surface area contributed by atoms with E-state index in [1.807, 2.05) is 11.8 Å². The molecule has 0 aromatic carbocycles. The number of carbonyl (C=O) groups is 1. The number of nitrogens with one attached hydrogen (secondary N) is 1. The van der Waals surface area contributed by atoms with Crippen LogP contribution < -0.4 is 5.32 Å². The third-order valence-corrected chi connectivity index (χ3v) is 3.19. The lowest BCUT2D eigenvalue weighted by molar-refractivity contribution is -0.138. The Hall–Kier alpha value is -1.01. The Kier molecular flexibility index (Phi) is 5.34. The van der Waals surface area contributed by atoms with Crippen LogP contribution in [0.5, 0.6) is 0 Å². The molecule has 1 fully saturated rings. The number of rotatable bonds is 5. The van der Waals surface area contributed by atoms with Crippen molar-refractivity contribution < 1.29 is 4.79 Å². The second-order valence-electron chi connectivity index (χ2n) is 4.25. The standard InChI is InChI=1S/C13H22N2O/c1-4-8-11(5-2)15-10-7-9-12(13(15)16)14-6-3/h1,11-12,14H,5-10H2,2-3H3. The Morgan fingerprint density at radius 1 is 1.62 bits per heavy atom. The lowest BCUT2D eigenvalue weighted by atomic mass is 10.00. The number of likely N-dealkylation sites (tertiary alicyclic amines) is 1. The van der Waals surface area contributed by atoms with Crippen molar-refractivity contribution in [2.45, 2.75) is 51.6 Å². The highest BCUT2D eigenvalue weighted by Crippen LogP contribution is 2.18. The second kappa shape index (κ2) is 6.55. The Labute approximate surface area is 98.6 Å². The van der Waals surface area contributed by atoms with Crippen LogP contribution in [0.15, 0.2) is 0 Å². The van der Waals surface area contributed by atoms with E-state index in [1.54, 1.807) is 0 Å². The SMILES string of the molecule is C#CCC(CC)N1CCCC(NCC)C1=O. The number of hydrogen-bond donors (Lipinski definition) is 1. The first-order valence-corrected chi connectivity index (χ1v) is 6.21. The van der Waals surface area contributed by atoms with E-state index in [0.29, 0.717) is 6.42 Å². The van der Waals surface area contributed by atoms with Gasteiger partial charge in [-0.05, 0) is 25.8 Å². The molecule has 1 N–H and O–H groups in total. The molecule has 0 aliphatic carbocycles. The number of nitrogens with zero attached hydrogens (tertiary/aromatic N) is 1. The molecule has 2 atom stereocenters. The predicted octanol–water partition coefficient (Wildman–Crippen LogP) is 1.39. The highest BCUT2D eigenvalue weighted by molar-refractivity contribution is 5.83. The summed E-state index contributed by atoms with van der Waals surface area (Å²) in [6, 6.07) is 0.226. The summed E-state index contributed by atoms with van der Waals surface area (Å²) in [5.74, 6) is 2.90. The van der Waals surface area contributed by atoms with Crippen LogP contribution in [-0.4, -0.2) is 36.0 Å². The average Bonchev–Trinajstić information content (AvgIpc) is 2.30. The number of likely N-dealkylation sites (N-methyl/N-ethyl adjacent to an activating group) is 1. The molecular formula is C13H22N2O. The summed E-state index contributed by atoms with van der Waals surface area (Å²) in [5.41, 5.74) is 0. The molecule has 0 bridgehead atoms. The molecule has 3 nitrogen and oxygen atoms in total. The minimum atomic E-state index is 0.00516. The molecule has 0 saturated carbocycles. The van der Waals surface area contributed by atoms with Gasteiger partial charge in [-0.1, -0.05) is 13.8 Å². The number of amides is 1. The van der Waals surface area contributed by atoms with Crippen LogP contribution in [0, 0.1) is 12.3 Å². The van der Waals surface area contributed by atoms with E-state index in [4.69, 9.17) is 6.42 Å². The van der Waals surface area contributed by atoms with Gasteiger partial charge in [0.2, 0.25) is 5.91 Å². The first-order chi connectivity index (χ1) is 7.74. The van der Waals surface area contributed by atoms with Crippen molar-refractivity contribution in [2.24, 2.45) is 0 Å². The summed E-state index contributed by atoms with van der Waals surface area (Å²) in [5, 5.41) is 3.24. The summed E-state index contributed by atoms with van der Waals surface area (Å²) >= 11 is 0. The molecule has 0 spiro atoms. The topological polar surface area (TPSA) is 32.3 Å². The third kappa shape index (κ3) is 2.99. The molecule has 3 heteroatoms. The molecular weight excluding hydrogens is 200 g/mol. The minimum absolute atomic E-state index is 0.00516. The first kappa shape index (κ1) is 13.1. The largest absolute Gasteiger partial charge is 0.337 e. The summed E-state index contributed by atoms with van der Waals surface area (Å²) in [6.45, 7) is 5.83. The lowest BCUT2D eigenvalue weighted by Crippen LogP contribution is -2.54. The zero-order valence-corrected chi connectivity index (χ0v) is 10.3. The summed E-state index contributed by atoms with van der Waals surface area (Å²) in [4.78, 5) is 14.2. The van der Waals surface area contributed by atoms with Crippen molar-refractivity contribution in [1.29, 1.82) is 0 Å². The monoisotopic (exact) mass is 222 g/mol. The Bertz CT molecular complexity index is 268. The fraction of sp³-hybridized carbons (Fsp3) is 0.769. The van der Waals surface area contributed by atoms with E-state index in [2.05, 4.69) is 18.2 Å². The maximum Gasteiger partial charge on any atom is 0.239 e. The summed E-state index contributed by atoms with van der Waals surface area (Å²) in [6.07, 6.45) is 8.98. The van der Waals surface area contributed by atoms with E-state index in [9.17, 15) is 4.79 Å². The van der Waals surface area contributed by atoms with E-state index >= 15 is 0 Å². The van der Waals surface area contributed by atoms with Crippen molar-refractivity contribution >= 4 is 5.91 Å². The normalized spacial score (nSPS) is 22.9. The Morgan fingerprint density at radius 2 is 2.38 bits per heavy atom. The van der Waals surface area contributed by atoms with E-state index in [1.165, 1.54) is 0 Å². The van der Waals surface area contributed by atoms with Crippen LogP contribution in [0.4, 0.5) is 0 Å². The molecule has 2 unspecified atom stereocenters. The van der Waals surface area contributed by atoms with Crippen molar-refractivity contribution in [3.8, 4) is 12.3 Å². The maximum atomic E-state index is 12.2. The molecule has 1 saturated heterocycles. The second-order valence-corrected chi connectivity index (χ2v) is 4.25. The number of carbonyl (C=O) groups excluding carboxylic acids is 1. The quantitative estimate of drug-likeness (QED) is 0.713. The Balaban J connectivity index is 2.65. The lowest BCUT2D eigenvalue weighted by Gasteiger charge is -2.37. The highest BCUT2D eigenvalue weighted by atomic mass is 16.2. The predicted molar refractivity (Wildman–Crippen MR) is 65.9 cm³/mol. The Morgan fingerprint density at radius 3 is 2.94 bits per heavy atom. The van der Waals surface area contributed by atoms with Gasteiger partial charge in [0, 0.05) is 19.0 Å². The van der Waals surface area contributed by atoms with Crippen LogP contribution in [0.25, 0.3) is 0 Å².